The van der Waals surface area contributed by atoms with Crippen LogP contribution in [0.5, 0.6) is 0 Å². The number of furan rings is 1. The molecular formula is C17H11ClN2O6S2. The van der Waals surface area contributed by atoms with E-state index in [0.717, 1.165) is 16.7 Å². The molecule has 1 aromatic heterocycles. The number of benzene rings is 1. The number of thiocarbonyl (C=S) groups is 1. The van der Waals surface area contributed by atoms with E-state index in [1.807, 2.05) is 0 Å². The monoisotopic (exact) mass is 438 g/mol. The maximum atomic E-state index is 12.5. The third kappa shape index (κ3) is 3.79. The highest BCUT2D eigenvalue weighted by Crippen LogP contribution is 2.36. The summed E-state index contributed by atoms with van der Waals surface area (Å²) in [5.74, 6) is -1.22. The number of thioether (sulfide) groups is 1. The average Bonchev–Trinajstić information content (AvgIpc) is 3.19. The van der Waals surface area contributed by atoms with Gasteiger partial charge in [0, 0.05) is 17.2 Å². The van der Waals surface area contributed by atoms with E-state index in [-0.39, 0.29) is 37.0 Å². The Morgan fingerprint density at radius 2 is 2.14 bits per heavy atom. The molecule has 1 saturated heterocycles. The van der Waals surface area contributed by atoms with Crippen LogP contribution in [-0.4, -0.2) is 37.2 Å². The lowest BCUT2D eigenvalue weighted by molar-refractivity contribution is -0.384. The molecule has 1 fully saturated rings. The quantitative estimate of drug-likeness (QED) is 0.320. The second-order valence-corrected chi connectivity index (χ2v) is 7.80. The van der Waals surface area contributed by atoms with Crippen LogP contribution in [0.15, 0.2) is 39.7 Å². The standard InChI is InChI=1S/C17H11ClN2O6S2/c1-8(16(22)23)19-15(21)14(28-17(19)27)7-10-3-5-13(26-10)11-4-2-9(18)6-12(11)20(24)25/h2-8H,1H3,(H,22,23)/b14-7+/t8-/m0/s1. The molecule has 1 N–H and O–H groups in total. The van der Waals surface area contributed by atoms with E-state index in [1.165, 1.54) is 37.3 Å². The second kappa shape index (κ2) is 7.74. The molecule has 8 nitrogen and oxygen atoms in total. The summed E-state index contributed by atoms with van der Waals surface area (Å²) < 4.78 is 5.75. The minimum absolute atomic E-state index is 0.131. The molecule has 0 aliphatic carbocycles. The number of rotatable bonds is 5. The van der Waals surface area contributed by atoms with Gasteiger partial charge < -0.3 is 9.52 Å². The Bertz CT molecular complexity index is 1050. The number of nitro benzene ring substituents is 1. The maximum absolute atomic E-state index is 12.5. The molecule has 11 heteroatoms. The molecule has 0 bridgehead atoms. The lowest BCUT2D eigenvalue weighted by Crippen LogP contribution is -2.41. The molecule has 1 amide bonds. The largest absolute Gasteiger partial charge is 0.480 e. The van der Waals surface area contributed by atoms with Gasteiger partial charge in [-0.15, -0.1) is 0 Å². The van der Waals surface area contributed by atoms with Crippen LogP contribution in [0.3, 0.4) is 0 Å². The van der Waals surface area contributed by atoms with Crippen LogP contribution in [0.25, 0.3) is 17.4 Å². The number of hydrogen-bond acceptors (Lipinski definition) is 7. The number of carbonyl (C=O) groups is 2. The zero-order valence-corrected chi connectivity index (χ0v) is 16.5. The molecule has 1 aliphatic rings. The number of hydrogen-bond donors (Lipinski definition) is 1. The lowest BCUT2D eigenvalue weighted by atomic mass is 10.1. The number of amides is 1. The minimum Gasteiger partial charge on any atom is -0.480 e. The average molecular weight is 439 g/mol. The number of nitrogens with zero attached hydrogens (tertiary/aromatic N) is 2. The number of carboxylic acids is 1. The first-order valence-corrected chi connectivity index (χ1v) is 9.33. The van der Waals surface area contributed by atoms with Crippen molar-refractivity contribution >= 4 is 63.5 Å². The number of carboxylic acid groups (broad SMARTS) is 1. The summed E-state index contributed by atoms with van der Waals surface area (Å²) in [6.07, 6.45) is 1.42. The van der Waals surface area contributed by atoms with Gasteiger partial charge in [-0.2, -0.15) is 0 Å². The SMILES string of the molecule is C[C@@H](C(=O)O)N1C(=O)/C(=C\c2ccc(-c3ccc(Cl)cc3[N+](=O)[O-])o2)SC1=S. The maximum Gasteiger partial charge on any atom is 0.326 e. The molecule has 0 spiro atoms. The number of carbonyl (C=O) groups excluding carboxylic acids is 1. The number of halogens is 1. The Labute approximate surface area is 172 Å². The zero-order valence-electron chi connectivity index (χ0n) is 14.1. The van der Waals surface area contributed by atoms with Crippen molar-refractivity contribution < 1.29 is 24.0 Å². The molecule has 28 heavy (non-hydrogen) atoms. The third-order valence-corrected chi connectivity index (χ3v) is 5.46. The molecule has 2 aromatic rings. The predicted octanol–water partition coefficient (Wildman–Crippen LogP) is 4.18. The summed E-state index contributed by atoms with van der Waals surface area (Å²) in [7, 11) is 0. The fourth-order valence-corrected chi connectivity index (χ4v) is 4.06. The van der Waals surface area contributed by atoms with E-state index in [1.54, 1.807) is 6.07 Å². The molecule has 1 aromatic carbocycles. The van der Waals surface area contributed by atoms with Crippen LogP contribution >= 0.6 is 35.6 Å². The van der Waals surface area contributed by atoms with E-state index in [0.29, 0.717) is 0 Å². The predicted molar refractivity (Wildman–Crippen MR) is 108 cm³/mol. The van der Waals surface area contributed by atoms with Crippen molar-refractivity contribution in [3.8, 4) is 11.3 Å². The van der Waals surface area contributed by atoms with Crippen molar-refractivity contribution in [2.45, 2.75) is 13.0 Å². The van der Waals surface area contributed by atoms with Crippen LogP contribution in [-0.2, 0) is 9.59 Å². The van der Waals surface area contributed by atoms with E-state index in [9.17, 15) is 19.7 Å². The summed E-state index contributed by atoms with van der Waals surface area (Å²) in [5, 5.41) is 20.6. The molecule has 1 atom stereocenters. The first kappa shape index (κ1) is 20.1. The van der Waals surface area contributed by atoms with Gasteiger partial charge in [-0.25, -0.2) is 4.79 Å². The fourth-order valence-electron chi connectivity index (χ4n) is 2.49. The van der Waals surface area contributed by atoms with Gasteiger partial charge in [0.05, 0.1) is 15.4 Å². The molecule has 2 heterocycles. The van der Waals surface area contributed by atoms with Crippen molar-refractivity contribution in [2.24, 2.45) is 0 Å². The number of nitro groups is 1. The normalized spacial score (nSPS) is 16.6. The highest BCUT2D eigenvalue weighted by atomic mass is 35.5. The van der Waals surface area contributed by atoms with Crippen molar-refractivity contribution in [3.63, 3.8) is 0 Å². The topological polar surface area (TPSA) is 114 Å². The van der Waals surface area contributed by atoms with Crippen molar-refractivity contribution in [2.75, 3.05) is 0 Å². The Kier molecular flexibility index (Phi) is 5.54. The van der Waals surface area contributed by atoms with Crippen LogP contribution < -0.4 is 0 Å². The fraction of sp³-hybridized carbons (Fsp3) is 0.118. The van der Waals surface area contributed by atoms with E-state index in [4.69, 9.17) is 33.3 Å². The van der Waals surface area contributed by atoms with Gasteiger partial charge >= 0.3 is 5.97 Å². The van der Waals surface area contributed by atoms with Gasteiger partial charge in [0.15, 0.2) is 0 Å². The van der Waals surface area contributed by atoms with Gasteiger partial charge in [0.1, 0.15) is 21.9 Å². The Balaban J connectivity index is 1.92. The van der Waals surface area contributed by atoms with Crippen molar-refractivity contribution in [1.29, 1.82) is 0 Å². The lowest BCUT2D eigenvalue weighted by Gasteiger charge is -2.18. The summed E-state index contributed by atoms with van der Waals surface area (Å²) >= 11 is 11.9. The van der Waals surface area contributed by atoms with Crippen LogP contribution in [0.1, 0.15) is 12.7 Å². The first-order chi connectivity index (χ1) is 13.2. The van der Waals surface area contributed by atoms with E-state index < -0.39 is 22.8 Å². The highest BCUT2D eigenvalue weighted by Gasteiger charge is 2.38. The summed E-state index contributed by atoms with van der Waals surface area (Å²) in [5.41, 5.74) is 0.0242. The van der Waals surface area contributed by atoms with Gasteiger partial charge in [-0.1, -0.05) is 35.6 Å². The summed E-state index contributed by atoms with van der Waals surface area (Å²) in [6.45, 7) is 1.36. The molecule has 3 rings (SSSR count). The molecule has 0 radical (unpaired) electrons. The van der Waals surface area contributed by atoms with Crippen LogP contribution in [0.2, 0.25) is 5.02 Å². The van der Waals surface area contributed by atoms with Crippen LogP contribution in [0, 0.1) is 10.1 Å². The molecule has 0 saturated carbocycles. The molecular weight excluding hydrogens is 428 g/mol. The van der Waals surface area contributed by atoms with Gasteiger partial charge in [-0.05, 0) is 31.2 Å². The highest BCUT2D eigenvalue weighted by molar-refractivity contribution is 8.26. The molecule has 0 unspecified atom stereocenters. The smallest absolute Gasteiger partial charge is 0.326 e. The Morgan fingerprint density at radius 1 is 1.43 bits per heavy atom. The van der Waals surface area contributed by atoms with Crippen molar-refractivity contribution in [1.82, 2.24) is 4.90 Å². The number of aliphatic carboxylic acids is 1. The third-order valence-electron chi connectivity index (χ3n) is 3.89. The van der Waals surface area contributed by atoms with Gasteiger partial charge in [0.25, 0.3) is 11.6 Å². The molecule has 1 aliphatic heterocycles. The summed E-state index contributed by atoms with van der Waals surface area (Å²) in [4.78, 5) is 35.5. The van der Waals surface area contributed by atoms with Crippen LogP contribution in [0.4, 0.5) is 5.69 Å². The van der Waals surface area contributed by atoms with Gasteiger partial charge in [-0.3, -0.25) is 19.8 Å². The van der Waals surface area contributed by atoms with Crippen molar-refractivity contribution in [3.05, 3.63) is 56.1 Å². The Morgan fingerprint density at radius 3 is 2.79 bits per heavy atom. The summed E-state index contributed by atoms with van der Waals surface area (Å²) in [6, 6.07) is 6.17. The van der Waals surface area contributed by atoms with Gasteiger partial charge in [0.2, 0.25) is 0 Å². The van der Waals surface area contributed by atoms with E-state index >= 15 is 0 Å². The molecule has 144 valence electrons. The first-order valence-electron chi connectivity index (χ1n) is 7.73. The second-order valence-electron chi connectivity index (χ2n) is 5.69. The minimum atomic E-state index is -1.17. The van der Waals surface area contributed by atoms with E-state index in [2.05, 4.69) is 0 Å². The Hall–Kier alpha value is -2.69. The zero-order chi connectivity index (χ0) is 20.6.